The van der Waals surface area contributed by atoms with Crippen molar-refractivity contribution >= 4 is 29.0 Å². The first-order valence-corrected chi connectivity index (χ1v) is 12.7. The van der Waals surface area contributed by atoms with Gasteiger partial charge in [-0.25, -0.2) is 4.98 Å². The van der Waals surface area contributed by atoms with Gasteiger partial charge in [-0.2, -0.15) is 0 Å². The van der Waals surface area contributed by atoms with Gasteiger partial charge in [-0.05, 0) is 47.7 Å². The maximum absolute atomic E-state index is 13.5. The number of amidine groups is 1. The van der Waals surface area contributed by atoms with Crippen LogP contribution >= 0.6 is 0 Å². The number of fused-ring (bicyclic) bond motifs is 1. The fourth-order valence-corrected chi connectivity index (χ4v) is 4.43. The number of hydrogen-bond donors (Lipinski definition) is 3. The van der Waals surface area contributed by atoms with Gasteiger partial charge in [-0.15, -0.1) is 5.90 Å². The molecule has 0 radical (unpaired) electrons. The van der Waals surface area contributed by atoms with E-state index in [1.165, 1.54) is 5.56 Å². The predicted molar refractivity (Wildman–Crippen MR) is 152 cm³/mol. The number of aryl methyl sites for hydroxylation is 3. The summed E-state index contributed by atoms with van der Waals surface area (Å²) in [5.41, 5.74) is 11.2. The number of carbonyl (C=O) groups is 1. The molecule has 3 aromatic carbocycles. The molecule has 1 heterocycles. The molecular formula is C29H33N7O3. The number of oxime groups is 2. The van der Waals surface area contributed by atoms with E-state index in [-0.39, 0.29) is 18.2 Å². The van der Waals surface area contributed by atoms with Crippen molar-refractivity contribution in [3.63, 3.8) is 0 Å². The van der Waals surface area contributed by atoms with Gasteiger partial charge in [0.05, 0.1) is 17.2 Å². The zero-order valence-electron chi connectivity index (χ0n) is 21.9. The first-order valence-electron chi connectivity index (χ1n) is 12.7. The van der Waals surface area contributed by atoms with E-state index in [0.717, 1.165) is 40.8 Å². The molecule has 0 saturated heterocycles. The summed E-state index contributed by atoms with van der Waals surface area (Å²) in [6.07, 6.45) is 4.09. The third-order valence-electron chi connectivity index (χ3n) is 6.67. The molecule has 4 aromatic rings. The van der Waals surface area contributed by atoms with Gasteiger partial charge in [0.2, 0.25) is 0 Å². The minimum atomic E-state index is -0.116. The molecule has 5 N–H and O–H groups in total. The summed E-state index contributed by atoms with van der Waals surface area (Å²) in [5.74, 6) is 5.83. The van der Waals surface area contributed by atoms with Crippen LogP contribution in [0.25, 0.3) is 11.0 Å². The van der Waals surface area contributed by atoms with Crippen molar-refractivity contribution < 1.29 is 14.9 Å². The second-order valence-electron chi connectivity index (χ2n) is 9.24. The second kappa shape index (κ2) is 13.2. The lowest BCUT2D eigenvalue weighted by Crippen LogP contribution is -2.35. The molecule has 1 amide bonds. The lowest BCUT2D eigenvalue weighted by molar-refractivity contribution is 0.0761. The van der Waals surface area contributed by atoms with Crippen LogP contribution in [-0.2, 0) is 31.2 Å². The Morgan fingerprint density at radius 2 is 1.77 bits per heavy atom. The van der Waals surface area contributed by atoms with Crippen molar-refractivity contribution in [2.24, 2.45) is 29.0 Å². The normalized spacial score (nSPS) is 11.8. The maximum Gasteiger partial charge on any atom is 0.253 e. The summed E-state index contributed by atoms with van der Waals surface area (Å²) in [6, 6.07) is 23.6. The Morgan fingerprint density at radius 3 is 2.49 bits per heavy atom. The number of imidazole rings is 1. The molecule has 10 nitrogen and oxygen atoms in total. The van der Waals surface area contributed by atoms with Gasteiger partial charge >= 0.3 is 0 Å². The molecule has 0 atom stereocenters. The number of aromatic nitrogens is 2. The summed E-state index contributed by atoms with van der Waals surface area (Å²) in [7, 11) is 1.99. The fourth-order valence-electron chi connectivity index (χ4n) is 4.43. The van der Waals surface area contributed by atoms with Crippen LogP contribution in [0, 0.1) is 0 Å². The van der Waals surface area contributed by atoms with Crippen LogP contribution in [0.15, 0.2) is 83.1 Å². The van der Waals surface area contributed by atoms with Gasteiger partial charge in [0, 0.05) is 38.5 Å². The molecule has 0 bridgehead atoms. The monoisotopic (exact) mass is 527 g/mol. The molecule has 10 heteroatoms. The van der Waals surface area contributed by atoms with Gasteiger partial charge in [-0.3, -0.25) is 4.79 Å². The highest BCUT2D eigenvalue weighted by molar-refractivity contribution is 5.97. The molecule has 0 spiro atoms. The summed E-state index contributed by atoms with van der Waals surface area (Å²) in [4.78, 5) is 24.3. The minimum Gasteiger partial charge on any atom is -0.409 e. The lowest BCUT2D eigenvalue weighted by Gasteiger charge is -2.23. The zero-order chi connectivity index (χ0) is 27.6. The number of rotatable bonds is 12. The second-order valence-corrected chi connectivity index (χ2v) is 9.24. The Bertz CT molecular complexity index is 1450. The quantitative estimate of drug-likeness (QED) is 0.111. The van der Waals surface area contributed by atoms with Gasteiger partial charge in [0.25, 0.3) is 5.91 Å². The molecule has 0 saturated carbocycles. The van der Waals surface area contributed by atoms with Crippen LogP contribution in [0.2, 0.25) is 0 Å². The molecule has 1 aromatic heterocycles. The smallest absolute Gasteiger partial charge is 0.253 e. The van der Waals surface area contributed by atoms with E-state index >= 15 is 0 Å². The third kappa shape index (κ3) is 7.20. The van der Waals surface area contributed by atoms with Crippen molar-refractivity contribution in [3.05, 3.63) is 101 Å². The van der Waals surface area contributed by atoms with E-state index < -0.39 is 0 Å². The van der Waals surface area contributed by atoms with E-state index in [1.807, 2.05) is 79.8 Å². The standard InChI is InChI=1S/C29H33N7O3/c1-35-26-13-12-24(29(37)36(18-16-27(30)34-38)17-15-21-5-3-2-4-6-21)19-25(26)33-28(35)14-11-22-7-9-23(10-8-22)20-32-39-31/h2-10,12-13,19-20,38H,11,14-18,31H2,1H3,(H2,30,34). The van der Waals surface area contributed by atoms with Crippen LogP contribution in [0.1, 0.15) is 39.3 Å². The van der Waals surface area contributed by atoms with Crippen molar-refractivity contribution in [1.82, 2.24) is 14.5 Å². The first-order chi connectivity index (χ1) is 19.0. The van der Waals surface area contributed by atoms with E-state index in [2.05, 4.69) is 19.8 Å². The number of hydrogen-bond acceptors (Lipinski definition) is 7. The third-order valence-corrected chi connectivity index (χ3v) is 6.67. The number of nitrogens with zero attached hydrogens (tertiary/aromatic N) is 5. The zero-order valence-corrected chi connectivity index (χ0v) is 21.9. The Balaban J connectivity index is 1.48. The molecule has 0 aliphatic heterocycles. The maximum atomic E-state index is 13.5. The number of benzene rings is 3. The van der Waals surface area contributed by atoms with Crippen LogP contribution < -0.4 is 11.6 Å². The Morgan fingerprint density at radius 1 is 1.03 bits per heavy atom. The molecule has 39 heavy (non-hydrogen) atoms. The van der Waals surface area contributed by atoms with Gasteiger partial charge in [-0.1, -0.05) is 64.9 Å². The van der Waals surface area contributed by atoms with E-state index in [1.54, 1.807) is 11.1 Å². The largest absolute Gasteiger partial charge is 0.409 e. The van der Waals surface area contributed by atoms with E-state index in [4.69, 9.17) is 21.8 Å². The average molecular weight is 528 g/mol. The molecule has 0 aliphatic rings. The van der Waals surface area contributed by atoms with Crippen molar-refractivity contribution in [1.29, 1.82) is 0 Å². The summed E-state index contributed by atoms with van der Waals surface area (Å²) >= 11 is 0. The van der Waals surface area contributed by atoms with Crippen LogP contribution in [0.5, 0.6) is 0 Å². The van der Waals surface area contributed by atoms with E-state index in [9.17, 15) is 4.79 Å². The summed E-state index contributed by atoms with van der Waals surface area (Å²) in [6.45, 7) is 0.855. The van der Waals surface area contributed by atoms with Crippen LogP contribution in [0.3, 0.4) is 0 Å². The fraction of sp³-hybridized carbons (Fsp3) is 0.241. The Hall–Kier alpha value is -4.70. The first kappa shape index (κ1) is 27.3. The summed E-state index contributed by atoms with van der Waals surface area (Å²) in [5, 5.41) is 15.6. The van der Waals surface area contributed by atoms with E-state index in [0.29, 0.717) is 25.1 Å². The molecule has 202 valence electrons. The topological polar surface area (TPSA) is 144 Å². The van der Waals surface area contributed by atoms with Gasteiger partial charge in [0.15, 0.2) is 0 Å². The van der Waals surface area contributed by atoms with Crippen LogP contribution in [-0.4, -0.2) is 50.7 Å². The molecule has 0 aliphatic carbocycles. The van der Waals surface area contributed by atoms with Crippen LogP contribution in [0.4, 0.5) is 0 Å². The number of amides is 1. The van der Waals surface area contributed by atoms with Gasteiger partial charge in [0.1, 0.15) is 11.7 Å². The highest BCUT2D eigenvalue weighted by Crippen LogP contribution is 2.20. The highest BCUT2D eigenvalue weighted by Gasteiger charge is 2.18. The Labute approximate surface area is 227 Å². The molecular weight excluding hydrogens is 494 g/mol. The summed E-state index contributed by atoms with van der Waals surface area (Å²) < 4.78 is 2.06. The van der Waals surface area contributed by atoms with Gasteiger partial charge < -0.3 is 25.3 Å². The average Bonchev–Trinajstić information content (AvgIpc) is 3.29. The van der Waals surface area contributed by atoms with Crippen molar-refractivity contribution in [2.75, 3.05) is 13.1 Å². The number of carbonyl (C=O) groups excluding carboxylic acids is 1. The minimum absolute atomic E-state index is 0.0877. The van der Waals surface area contributed by atoms with Crippen molar-refractivity contribution in [2.45, 2.75) is 25.7 Å². The predicted octanol–water partition coefficient (Wildman–Crippen LogP) is 3.40. The lowest BCUT2D eigenvalue weighted by atomic mass is 10.1. The van der Waals surface area contributed by atoms with Crippen molar-refractivity contribution in [3.8, 4) is 0 Å². The SMILES string of the molecule is Cn1c(CCc2ccc(C=NON)cc2)nc2cc(C(=O)N(CCC(N)=NO)CCc3ccccc3)ccc21. The molecule has 0 unspecified atom stereocenters. The molecule has 4 rings (SSSR count). The molecule has 0 fully saturated rings. The number of nitrogens with two attached hydrogens (primary N) is 2. The highest BCUT2D eigenvalue weighted by atomic mass is 16.7. The Kier molecular flexibility index (Phi) is 9.25.